The Hall–Kier alpha value is -3.74. The number of anilines is 3. The third-order valence-corrected chi connectivity index (χ3v) is 10.3. The zero-order valence-electron chi connectivity index (χ0n) is 24.2. The third-order valence-electron chi connectivity index (χ3n) is 7.06. The number of sulfonamides is 1. The predicted molar refractivity (Wildman–Crippen MR) is 166 cm³/mol. The Morgan fingerprint density at radius 2 is 1.57 bits per heavy atom. The highest BCUT2D eigenvalue weighted by Gasteiger charge is 2.25. The van der Waals surface area contributed by atoms with Gasteiger partial charge in [-0.1, -0.05) is 18.2 Å². The summed E-state index contributed by atoms with van der Waals surface area (Å²) in [5.41, 5.74) is 4.43. The van der Waals surface area contributed by atoms with Crippen LogP contribution in [0.15, 0.2) is 71.6 Å². The van der Waals surface area contributed by atoms with E-state index in [-0.39, 0.29) is 17.7 Å². The Morgan fingerprint density at radius 1 is 0.952 bits per heavy atom. The number of para-hydroxylation sites is 1. The molecule has 1 heterocycles. The van der Waals surface area contributed by atoms with E-state index in [0.29, 0.717) is 23.7 Å². The van der Waals surface area contributed by atoms with Crippen LogP contribution >= 0.6 is 0 Å². The van der Waals surface area contributed by atoms with Gasteiger partial charge in [-0.3, -0.25) is 13.9 Å². The molecule has 0 radical (unpaired) electrons. The standard InChI is InChI=1S/C30H36N4O6S2/c1-22-19-23(2)21-25(20-22)33-14-16-34(17-15-33)41(37)26-11-9-24(10-12-26)31-30(36)27-7-5-6-8-28(27)32(3)42(38,39)18-13-29(35)40-4/h5-12,19-21H,13-18H2,1-4H3,(H,31,36). The number of methoxy groups -OCH3 is 1. The molecule has 3 aromatic rings. The van der Waals surface area contributed by atoms with Crippen LogP contribution in [-0.4, -0.2) is 74.9 Å². The normalized spacial score (nSPS) is 14.7. The van der Waals surface area contributed by atoms with E-state index in [1.54, 1.807) is 36.4 Å². The quantitative estimate of drug-likeness (QED) is 0.347. The fourth-order valence-corrected chi connectivity index (χ4v) is 7.11. The van der Waals surface area contributed by atoms with Crippen molar-refractivity contribution >= 4 is 49.9 Å². The Bertz CT molecular complexity index is 1550. The van der Waals surface area contributed by atoms with E-state index in [4.69, 9.17) is 0 Å². The van der Waals surface area contributed by atoms with E-state index in [2.05, 4.69) is 47.0 Å². The second-order valence-corrected chi connectivity index (χ2v) is 13.7. The van der Waals surface area contributed by atoms with Gasteiger partial charge in [-0.2, -0.15) is 0 Å². The van der Waals surface area contributed by atoms with Gasteiger partial charge in [0.1, 0.15) is 11.0 Å². The number of piperazine rings is 1. The van der Waals surface area contributed by atoms with Gasteiger partial charge in [0.2, 0.25) is 10.0 Å². The molecule has 0 aromatic heterocycles. The van der Waals surface area contributed by atoms with Crippen molar-refractivity contribution in [3.05, 3.63) is 83.4 Å². The number of amides is 1. The zero-order valence-corrected chi connectivity index (χ0v) is 25.8. The Labute approximate surface area is 249 Å². The van der Waals surface area contributed by atoms with E-state index in [0.717, 1.165) is 17.4 Å². The lowest BCUT2D eigenvalue weighted by Crippen LogP contribution is -2.47. The number of hydrogen-bond acceptors (Lipinski definition) is 7. The lowest BCUT2D eigenvalue weighted by atomic mass is 10.1. The van der Waals surface area contributed by atoms with E-state index in [1.165, 1.54) is 43.1 Å². The highest BCUT2D eigenvalue weighted by molar-refractivity contribution is 7.92. The number of carbonyl (C=O) groups excluding carboxylic acids is 2. The Kier molecular flexibility index (Phi) is 10.0. The first kappa shape index (κ1) is 31.2. The van der Waals surface area contributed by atoms with Crippen LogP contribution in [0.3, 0.4) is 0 Å². The van der Waals surface area contributed by atoms with Crippen LogP contribution in [0.2, 0.25) is 0 Å². The first-order valence-electron chi connectivity index (χ1n) is 13.5. The number of nitrogens with one attached hydrogen (secondary N) is 1. The number of carbonyl (C=O) groups is 2. The second kappa shape index (κ2) is 13.5. The highest BCUT2D eigenvalue weighted by Crippen LogP contribution is 2.25. The molecule has 0 saturated carbocycles. The average molecular weight is 613 g/mol. The number of benzene rings is 3. The molecule has 3 aromatic carbocycles. The minimum Gasteiger partial charge on any atom is -0.469 e. The van der Waals surface area contributed by atoms with Crippen molar-refractivity contribution in [2.75, 3.05) is 60.6 Å². The molecule has 10 nitrogen and oxygen atoms in total. The predicted octanol–water partition coefficient (Wildman–Crippen LogP) is 3.73. The molecule has 12 heteroatoms. The summed E-state index contributed by atoms with van der Waals surface area (Å²) in [4.78, 5) is 27.5. The molecule has 1 amide bonds. The largest absolute Gasteiger partial charge is 0.469 e. The smallest absolute Gasteiger partial charge is 0.306 e. The van der Waals surface area contributed by atoms with Gasteiger partial charge < -0.3 is 15.0 Å². The van der Waals surface area contributed by atoms with Crippen LogP contribution in [0, 0.1) is 13.8 Å². The summed E-state index contributed by atoms with van der Waals surface area (Å²) in [6.07, 6.45) is -0.298. The van der Waals surface area contributed by atoms with E-state index >= 15 is 0 Å². The maximum atomic E-state index is 13.3. The van der Waals surface area contributed by atoms with Gasteiger partial charge >= 0.3 is 5.97 Å². The molecule has 0 spiro atoms. The van der Waals surface area contributed by atoms with Crippen LogP contribution in [0.1, 0.15) is 27.9 Å². The molecule has 1 aliphatic rings. The van der Waals surface area contributed by atoms with Crippen molar-refractivity contribution in [1.29, 1.82) is 0 Å². The SMILES string of the molecule is COC(=O)CCS(=O)(=O)N(C)c1ccccc1C(=O)Nc1ccc(S(=O)N2CCN(c3cc(C)cc(C)c3)CC2)cc1. The summed E-state index contributed by atoms with van der Waals surface area (Å²) in [5, 5.41) is 2.79. The number of esters is 1. The monoisotopic (exact) mass is 612 g/mol. The van der Waals surface area contributed by atoms with Crippen LogP contribution in [-0.2, 0) is 30.5 Å². The minimum atomic E-state index is -3.89. The lowest BCUT2D eigenvalue weighted by molar-refractivity contribution is -0.140. The summed E-state index contributed by atoms with van der Waals surface area (Å²) in [5.74, 6) is -1.59. The molecule has 1 aliphatic heterocycles. The molecular weight excluding hydrogens is 576 g/mol. The molecule has 1 unspecified atom stereocenters. The van der Waals surface area contributed by atoms with Gasteiger partial charge in [-0.05, 0) is 73.5 Å². The van der Waals surface area contributed by atoms with Gasteiger partial charge in [0.25, 0.3) is 5.91 Å². The average Bonchev–Trinajstić information content (AvgIpc) is 2.99. The van der Waals surface area contributed by atoms with Crippen LogP contribution < -0.4 is 14.5 Å². The van der Waals surface area contributed by atoms with Crippen LogP contribution in [0.25, 0.3) is 0 Å². The number of rotatable bonds is 10. The summed E-state index contributed by atoms with van der Waals surface area (Å²) in [7, 11) is -2.70. The van der Waals surface area contributed by atoms with Gasteiger partial charge in [-0.25, -0.2) is 16.9 Å². The first-order chi connectivity index (χ1) is 20.0. The topological polar surface area (TPSA) is 116 Å². The van der Waals surface area contributed by atoms with Gasteiger partial charge in [0.15, 0.2) is 0 Å². The van der Waals surface area contributed by atoms with Crippen molar-refractivity contribution in [2.24, 2.45) is 0 Å². The minimum absolute atomic E-state index is 0.149. The van der Waals surface area contributed by atoms with Gasteiger partial charge in [0, 0.05) is 44.6 Å². The van der Waals surface area contributed by atoms with Crippen molar-refractivity contribution in [3.63, 3.8) is 0 Å². The van der Waals surface area contributed by atoms with Crippen LogP contribution in [0.4, 0.5) is 17.1 Å². The van der Waals surface area contributed by atoms with Gasteiger partial charge in [-0.15, -0.1) is 0 Å². The zero-order chi connectivity index (χ0) is 30.4. The third kappa shape index (κ3) is 7.55. The highest BCUT2D eigenvalue weighted by atomic mass is 32.2. The van der Waals surface area contributed by atoms with E-state index < -0.39 is 38.6 Å². The van der Waals surface area contributed by atoms with Crippen molar-refractivity contribution in [2.45, 2.75) is 25.2 Å². The number of aryl methyl sites for hydroxylation is 2. The fourth-order valence-electron chi connectivity index (χ4n) is 4.79. The molecule has 1 atom stereocenters. The lowest BCUT2D eigenvalue weighted by Gasteiger charge is -2.35. The van der Waals surface area contributed by atoms with Crippen molar-refractivity contribution < 1.29 is 27.0 Å². The van der Waals surface area contributed by atoms with E-state index in [1.807, 2.05) is 4.31 Å². The van der Waals surface area contributed by atoms with E-state index in [9.17, 15) is 22.2 Å². The summed E-state index contributed by atoms with van der Waals surface area (Å²) >= 11 is 0. The Morgan fingerprint density at radius 3 is 2.19 bits per heavy atom. The summed E-state index contributed by atoms with van der Waals surface area (Å²) in [6.45, 7) is 7.04. The number of hydrogen-bond donors (Lipinski definition) is 1. The maximum absolute atomic E-state index is 13.3. The summed E-state index contributed by atoms with van der Waals surface area (Å²) < 4.78 is 46.3. The molecule has 1 saturated heterocycles. The number of nitrogens with zero attached hydrogens (tertiary/aromatic N) is 3. The van der Waals surface area contributed by atoms with Crippen molar-refractivity contribution in [1.82, 2.24) is 4.31 Å². The van der Waals surface area contributed by atoms with Gasteiger partial charge in [0.05, 0.1) is 35.4 Å². The molecule has 0 bridgehead atoms. The maximum Gasteiger partial charge on any atom is 0.306 e. The van der Waals surface area contributed by atoms with Crippen molar-refractivity contribution in [3.8, 4) is 0 Å². The summed E-state index contributed by atoms with van der Waals surface area (Å²) in [6, 6.07) is 19.6. The molecule has 42 heavy (non-hydrogen) atoms. The molecule has 1 fully saturated rings. The van der Waals surface area contributed by atoms with Crippen LogP contribution in [0.5, 0.6) is 0 Å². The molecule has 4 rings (SSSR count). The number of ether oxygens (including phenoxy) is 1. The molecule has 0 aliphatic carbocycles. The molecule has 224 valence electrons. The fraction of sp³-hybridized carbons (Fsp3) is 0.333. The first-order valence-corrected chi connectivity index (χ1v) is 16.2. The molecule has 1 N–H and O–H groups in total. The second-order valence-electron chi connectivity index (χ2n) is 10.1. The Balaban J connectivity index is 1.38. The molecular formula is C30H36N4O6S2.